The summed E-state index contributed by atoms with van der Waals surface area (Å²) in [6, 6.07) is 4.54. The summed E-state index contributed by atoms with van der Waals surface area (Å²) in [7, 11) is 2.18. The summed E-state index contributed by atoms with van der Waals surface area (Å²) in [4.78, 5) is 6.23. The van der Waals surface area contributed by atoms with Crippen LogP contribution < -0.4 is 5.73 Å². The first kappa shape index (κ1) is 16.2. The molecular weight excluding hydrogens is 290 g/mol. The van der Waals surface area contributed by atoms with E-state index in [-0.39, 0.29) is 12.1 Å². The van der Waals surface area contributed by atoms with Crippen molar-refractivity contribution >= 4 is 22.9 Å². The standard InChI is InChI=1S/C15H26ClN3S/c1-3-12(17)15(13-6-7-14(16)20-13)18(2)10-11-19-8-4-5-9-19/h6-7,12,15H,3-5,8-11,17H2,1-2H3. The molecule has 0 radical (unpaired) electrons. The number of hydrogen-bond donors (Lipinski definition) is 1. The lowest BCUT2D eigenvalue weighted by atomic mass is 10.0. The number of thiophene rings is 1. The SMILES string of the molecule is CCC(N)C(c1ccc(Cl)s1)N(C)CCN1CCCC1. The van der Waals surface area contributed by atoms with Gasteiger partial charge in [0, 0.05) is 24.0 Å². The van der Waals surface area contributed by atoms with E-state index < -0.39 is 0 Å². The Labute approximate surface area is 131 Å². The molecule has 114 valence electrons. The maximum absolute atomic E-state index is 6.35. The lowest BCUT2D eigenvalue weighted by Gasteiger charge is -2.32. The lowest BCUT2D eigenvalue weighted by Crippen LogP contribution is -2.41. The van der Waals surface area contributed by atoms with Crippen molar-refractivity contribution in [3.63, 3.8) is 0 Å². The maximum Gasteiger partial charge on any atom is 0.0931 e. The molecule has 1 fully saturated rings. The molecule has 2 atom stereocenters. The van der Waals surface area contributed by atoms with Gasteiger partial charge in [0.1, 0.15) is 0 Å². The number of halogens is 1. The Morgan fingerprint density at radius 2 is 2.10 bits per heavy atom. The van der Waals surface area contributed by atoms with Crippen molar-refractivity contribution in [2.75, 3.05) is 33.2 Å². The Bertz CT molecular complexity index is 404. The van der Waals surface area contributed by atoms with E-state index in [0.29, 0.717) is 0 Å². The number of likely N-dealkylation sites (tertiary alicyclic amines) is 1. The number of hydrogen-bond acceptors (Lipinski definition) is 4. The number of likely N-dealkylation sites (N-methyl/N-ethyl adjacent to an activating group) is 1. The second kappa shape index (κ2) is 7.76. The molecule has 0 bridgehead atoms. The topological polar surface area (TPSA) is 32.5 Å². The molecule has 0 spiro atoms. The monoisotopic (exact) mass is 315 g/mol. The molecule has 0 amide bonds. The summed E-state index contributed by atoms with van der Waals surface area (Å²) in [6.07, 6.45) is 3.68. The summed E-state index contributed by atoms with van der Waals surface area (Å²) in [5.74, 6) is 0. The van der Waals surface area contributed by atoms with Gasteiger partial charge in [-0.1, -0.05) is 18.5 Å². The molecule has 0 aliphatic carbocycles. The highest BCUT2D eigenvalue weighted by molar-refractivity contribution is 7.16. The summed E-state index contributed by atoms with van der Waals surface area (Å²) in [6.45, 7) is 6.87. The predicted molar refractivity (Wildman–Crippen MR) is 88.6 cm³/mol. The van der Waals surface area contributed by atoms with Crippen LogP contribution in [0.5, 0.6) is 0 Å². The Morgan fingerprint density at radius 1 is 1.40 bits per heavy atom. The number of rotatable bonds is 7. The van der Waals surface area contributed by atoms with Crippen molar-refractivity contribution in [2.45, 2.75) is 38.3 Å². The van der Waals surface area contributed by atoms with Crippen LogP contribution in [0.4, 0.5) is 0 Å². The molecule has 1 aromatic rings. The molecule has 2 heterocycles. The van der Waals surface area contributed by atoms with E-state index in [4.69, 9.17) is 17.3 Å². The van der Waals surface area contributed by atoms with Crippen LogP contribution in [-0.4, -0.2) is 49.1 Å². The zero-order valence-electron chi connectivity index (χ0n) is 12.5. The Kier molecular flexibility index (Phi) is 6.30. The molecule has 0 saturated carbocycles. The molecule has 2 unspecified atom stereocenters. The van der Waals surface area contributed by atoms with Crippen LogP contribution in [0.25, 0.3) is 0 Å². The Morgan fingerprint density at radius 3 is 2.65 bits per heavy atom. The van der Waals surface area contributed by atoms with E-state index in [1.807, 2.05) is 6.07 Å². The van der Waals surface area contributed by atoms with Crippen LogP contribution in [0.15, 0.2) is 12.1 Å². The number of nitrogens with zero attached hydrogens (tertiary/aromatic N) is 2. The highest BCUT2D eigenvalue weighted by Gasteiger charge is 2.25. The summed E-state index contributed by atoms with van der Waals surface area (Å²) >= 11 is 7.74. The van der Waals surface area contributed by atoms with E-state index in [1.165, 1.54) is 30.8 Å². The van der Waals surface area contributed by atoms with E-state index >= 15 is 0 Å². The van der Waals surface area contributed by atoms with Gasteiger partial charge in [0.25, 0.3) is 0 Å². The molecule has 2 N–H and O–H groups in total. The van der Waals surface area contributed by atoms with Crippen LogP contribution in [0.3, 0.4) is 0 Å². The molecule has 5 heteroatoms. The van der Waals surface area contributed by atoms with E-state index in [9.17, 15) is 0 Å². The van der Waals surface area contributed by atoms with Gasteiger partial charge in [-0.25, -0.2) is 0 Å². The summed E-state index contributed by atoms with van der Waals surface area (Å²) < 4.78 is 0.848. The smallest absolute Gasteiger partial charge is 0.0931 e. The van der Waals surface area contributed by atoms with Crippen LogP contribution in [0.1, 0.15) is 37.1 Å². The fraction of sp³-hybridized carbons (Fsp3) is 0.733. The minimum atomic E-state index is 0.160. The normalized spacial score (nSPS) is 19.6. The van der Waals surface area contributed by atoms with E-state index in [2.05, 4.69) is 29.8 Å². The Balaban J connectivity index is 1.98. The van der Waals surface area contributed by atoms with Gasteiger partial charge in [-0.15, -0.1) is 11.3 Å². The molecule has 2 rings (SSSR count). The van der Waals surface area contributed by atoms with Gasteiger partial charge in [0.05, 0.1) is 10.4 Å². The molecule has 1 aliphatic heterocycles. The van der Waals surface area contributed by atoms with Crippen molar-refractivity contribution in [3.8, 4) is 0 Å². The third-order valence-corrected chi connectivity index (χ3v) is 5.51. The first-order chi connectivity index (χ1) is 9.61. The maximum atomic E-state index is 6.35. The Hall–Kier alpha value is -0.130. The largest absolute Gasteiger partial charge is 0.326 e. The molecular formula is C15H26ClN3S. The highest BCUT2D eigenvalue weighted by atomic mass is 35.5. The van der Waals surface area contributed by atoms with E-state index in [1.54, 1.807) is 11.3 Å². The molecule has 1 aromatic heterocycles. The molecule has 1 saturated heterocycles. The van der Waals surface area contributed by atoms with Crippen molar-refractivity contribution in [3.05, 3.63) is 21.3 Å². The van der Waals surface area contributed by atoms with Crippen LogP contribution in [0, 0.1) is 0 Å². The second-order valence-corrected chi connectivity index (χ2v) is 7.43. The van der Waals surface area contributed by atoms with Crippen molar-refractivity contribution in [1.82, 2.24) is 9.80 Å². The third kappa shape index (κ3) is 4.18. The summed E-state index contributed by atoms with van der Waals surface area (Å²) in [5, 5.41) is 0. The minimum Gasteiger partial charge on any atom is -0.326 e. The zero-order chi connectivity index (χ0) is 14.5. The zero-order valence-corrected chi connectivity index (χ0v) is 14.1. The van der Waals surface area contributed by atoms with Gasteiger partial charge in [-0.3, -0.25) is 4.90 Å². The average Bonchev–Trinajstić information content (AvgIpc) is 3.08. The quantitative estimate of drug-likeness (QED) is 0.838. The van der Waals surface area contributed by atoms with Crippen LogP contribution >= 0.6 is 22.9 Å². The first-order valence-electron chi connectivity index (χ1n) is 7.55. The van der Waals surface area contributed by atoms with E-state index in [0.717, 1.165) is 23.8 Å². The van der Waals surface area contributed by atoms with Gasteiger partial charge < -0.3 is 10.6 Å². The predicted octanol–water partition coefficient (Wildman–Crippen LogP) is 3.21. The van der Waals surface area contributed by atoms with Crippen LogP contribution in [-0.2, 0) is 0 Å². The lowest BCUT2D eigenvalue weighted by molar-refractivity contribution is 0.184. The highest BCUT2D eigenvalue weighted by Crippen LogP contribution is 2.32. The number of nitrogens with two attached hydrogens (primary N) is 1. The molecule has 0 aromatic carbocycles. The van der Waals surface area contributed by atoms with Gasteiger partial charge in [-0.2, -0.15) is 0 Å². The van der Waals surface area contributed by atoms with Gasteiger partial charge in [0.15, 0.2) is 0 Å². The van der Waals surface area contributed by atoms with Gasteiger partial charge in [-0.05, 0) is 51.5 Å². The second-order valence-electron chi connectivity index (χ2n) is 5.69. The average molecular weight is 316 g/mol. The first-order valence-corrected chi connectivity index (χ1v) is 8.74. The van der Waals surface area contributed by atoms with Crippen LogP contribution in [0.2, 0.25) is 4.34 Å². The minimum absolute atomic E-state index is 0.160. The third-order valence-electron chi connectivity index (χ3n) is 4.20. The van der Waals surface area contributed by atoms with Gasteiger partial charge >= 0.3 is 0 Å². The molecule has 20 heavy (non-hydrogen) atoms. The fourth-order valence-electron chi connectivity index (χ4n) is 2.91. The fourth-order valence-corrected chi connectivity index (χ4v) is 4.21. The molecule has 3 nitrogen and oxygen atoms in total. The molecule has 1 aliphatic rings. The van der Waals surface area contributed by atoms with Crippen molar-refractivity contribution in [2.24, 2.45) is 5.73 Å². The van der Waals surface area contributed by atoms with Gasteiger partial charge in [0.2, 0.25) is 0 Å². The van der Waals surface area contributed by atoms with Crippen molar-refractivity contribution in [1.29, 1.82) is 0 Å². The summed E-state index contributed by atoms with van der Waals surface area (Å²) in [5.41, 5.74) is 6.35. The van der Waals surface area contributed by atoms with Crippen molar-refractivity contribution < 1.29 is 0 Å².